The van der Waals surface area contributed by atoms with Gasteiger partial charge in [0.05, 0.1) is 5.56 Å². The Morgan fingerprint density at radius 2 is 1.94 bits per heavy atom. The lowest BCUT2D eigenvalue weighted by Gasteiger charge is -2.17. The maximum absolute atomic E-state index is 12.1. The molecule has 1 aromatic rings. The number of carbonyl (C=O) groups excluding carboxylic acids is 1. The van der Waals surface area contributed by atoms with E-state index in [4.69, 9.17) is 5.11 Å². The SMILES string of the molecule is CN(CCc1ccccc1C(=O)O)C(=O)C(F)F. The molecule has 1 N–H and O–H groups in total. The molecule has 18 heavy (non-hydrogen) atoms. The number of aromatic carboxylic acids is 1. The van der Waals surface area contributed by atoms with Gasteiger partial charge in [0.15, 0.2) is 0 Å². The van der Waals surface area contributed by atoms with E-state index in [2.05, 4.69) is 0 Å². The quantitative estimate of drug-likeness (QED) is 0.872. The number of amides is 1. The van der Waals surface area contributed by atoms with Gasteiger partial charge in [0.2, 0.25) is 0 Å². The summed E-state index contributed by atoms with van der Waals surface area (Å²) in [6.07, 6.45) is -2.82. The van der Waals surface area contributed by atoms with Crippen LogP contribution in [0.3, 0.4) is 0 Å². The maximum Gasteiger partial charge on any atom is 0.335 e. The molecule has 1 amide bonds. The summed E-state index contributed by atoms with van der Waals surface area (Å²) in [7, 11) is 1.26. The van der Waals surface area contributed by atoms with Gasteiger partial charge in [-0.15, -0.1) is 0 Å². The second-order valence-electron chi connectivity index (χ2n) is 3.77. The van der Waals surface area contributed by atoms with Gasteiger partial charge in [-0.25, -0.2) is 4.79 Å². The summed E-state index contributed by atoms with van der Waals surface area (Å²) in [5.74, 6) is -2.34. The fraction of sp³-hybridized carbons (Fsp3) is 0.333. The van der Waals surface area contributed by atoms with Crippen LogP contribution in [0.2, 0.25) is 0 Å². The van der Waals surface area contributed by atoms with Gasteiger partial charge in [-0.2, -0.15) is 8.78 Å². The first-order chi connectivity index (χ1) is 8.43. The van der Waals surface area contributed by atoms with Crippen LogP contribution in [-0.2, 0) is 11.2 Å². The largest absolute Gasteiger partial charge is 0.478 e. The number of benzene rings is 1. The van der Waals surface area contributed by atoms with Crippen LogP contribution in [-0.4, -0.2) is 41.9 Å². The predicted octanol–water partition coefficient (Wildman–Crippen LogP) is 1.65. The van der Waals surface area contributed by atoms with Crippen LogP contribution in [0.15, 0.2) is 24.3 Å². The standard InChI is InChI=1S/C12H13F2NO3/c1-15(11(16)10(13)14)7-6-8-4-2-3-5-9(8)12(17)18/h2-5,10H,6-7H2,1H3,(H,17,18). The highest BCUT2D eigenvalue weighted by Gasteiger charge is 2.20. The van der Waals surface area contributed by atoms with Crippen molar-refractivity contribution < 1.29 is 23.5 Å². The van der Waals surface area contributed by atoms with Crippen molar-refractivity contribution in [3.05, 3.63) is 35.4 Å². The first-order valence-corrected chi connectivity index (χ1v) is 5.27. The minimum Gasteiger partial charge on any atom is -0.478 e. The summed E-state index contributed by atoms with van der Waals surface area (Å²) in [4.78, 5) is 22.7. The van der Waals surface area contributed by atoms with Gasteiger partial charge in [-0.05, 0) is 18.1 Å². The van der Waals surface area contributed by atoms with Crippen molar-refractivity contribution in [1.82, 2.24) is 4.90 Å². The number of halogens is 2. The molecule has 0 aromatic heterocycles. The summed E-state index contributed by atoms with van der Waals surface area (Å²) < 4.78 is 24.3. The summed E-state index contributed by atoms with van der Waals surface area (Å²) in [5, 5.41) is 8.93. The molecule has 0 saturated carbocycles. The van der Waals surface area contributed by atoms with Crippen LogP contribution in [0.1, 0.15) is 15.9 Å². The van der Waals surface area contributed by atoms with E-state index in [1.54, 1.807) is 18.2 Å². The molecular weight excluding hydrogens is 244 g/mol. The molecule has 0 radical (unpaired) electrons. The second kappa shape index (κ2) is 6.09. The second-order valence-corrected chi connectivity index (χ2v) is 3.77. The fourth-order valence-electron chi connectivity index (χ4n) is 1.51. The van der Waals surface area contributed by atoms with Crippen molar-refractivity contribution in [1.29, 1.82) is 0 Å². The summed E-state index contributed by atoms with van der Waals surface area (Å²) in [5.41, 5.74) is 0.634. The molecule has 4 nitrogen and oxygen atoms in total. The molecule has 0 heterocycles. The summed E-state index contributed by atoms with van der Waals surface area (Å²) >= 11 is 0. The summed E-state index contributed by atoms with van der Waals surface area (Å²) in [6.45, 7) is 0.0491. The average Bonchev–Trinajstić information content (AvgIpc) is 2.35. The van der Waals surface area contributed by atoms with Gasteiger partial charge in [0.1, 0.15) is 0 Å². The molecule has 0 atom stereocenters. The third-order valence-corrected chi connectivity index (χ3v) is 2.53. The van der Waals surface area contributed by atoms with Gasteiger partial charge in [0, 0.05) is 13.6 Å². The number of alkyl halides is 2. The van der Waals surface area contributed by atoms with E-state index in [0.717, 1.165) is 4.90 Å². The first-order valence-electron chi connectivity index (χ1n) is 5.27. The zero-order valence-electron chi connectivity index (χ0n) is 9.77. The lowest BCUT2D eigenvalue weighted by molar-refractivity contribution is -0.141. The summed E-state index contributed by atoms with van der Waals surface area (Å²) in [6, 6.07) is 6.29. The van der Waals surface area contributed by atoms with Crippen LogP contribution in [0.4, 0.5) is 8.78 Å². The molecule has 1 rings (SSSR count). The number of rotatable bonds is 5. The van der Waals surface area contributed by atoms with Crippen LogP contribution < -0.4 is 0 Å². The van der Waals surface area contributed by atoms with Crippen molar-refractivity contribution in [3.63, 3.8) is 0 Å². The molecule has 0 aliphatic rings. The monoisotopic (exact) mass is 257 g/mol. The van der Waals surface area contributed by atoms with E-state index in [-0.39, 0.29) is 18.5 Å². The highest BCUT2D eigenvalue weighted by Crippen LogP contribution is 2.10. The van der Waals surface area contributed by atoms with E-state index in [1.165, 1.54) is 13.1 Å². The lowest BCUT2D eigenvalue weighted by atomic mass is 10.0. The van der Waals surface area contributed by atoms with Crippen molar-refractivity contribution in [2.45, 2.75) is 12.8 Å². The zero-order chi connectivity index (χ0) is 13.7. The number of carbonyl (C=O) groups is 2. The Hall–Kier alpha value is -1.98. The van der Waals surface area contributed by atoms with Crippen LogP contribution in [0.25, 0.3) is 0 Å². The number of hydrogen-bond donors (Lipinski definition) is 1. The highest BCUT2D eigenvalue weighted by atomic mass is 19.3. The minimum absolute atomic E-state index is 0.0491. The van der Waals surface area contributed by atoms with Gasteiger partial charge in [-0.3, -0.25) is 4.79 Å². The number of carboxylic acid groups (broad SMARTS) is 1. The molecular formula is C12H13F2NO3. The third-order valence-electron chi connectivity index (χ3n) is 2.53. The van der Waals surface area contributed by atoms with E-state index in [1.807, 2.05) is 0 Å². The Kier molecular flexibility index (Phi) is 4.76. The Morgan fingerprint density at radius 3 is 2.50 bits per heavy atom. The van der Waals surface area contributed by atoms with Crippen molar-refractivity contribution in [2.24, 2.45) is 0 Å². The van der Waals surface area contributed by atoms with Crippen LogP contribution >= 0.6 is 0 Å². The fourth-order valence-corrected chi connectivity index (χ4v) is 1.51. The average molecular weight is 257 g/mol. The van der Waals surface area contributed by atoms with E-state index < -0.39 is 18.3 Å². The van der Waals surface area contributed by atoms with Gasteiger partial charge < -0.3 is 10.0 Å². The number of carboxylic acids is 1. The topological polar surface area (TPSA) is 57.6 Å². The lowest BCUT2D eigenvalue weighted by Crippen LogP contribution is -2.33. The van der Waals surface area contributed by atoms with Crippen molar-refractivity contribution >= 4 is 11.9 Å². The molecule has 0 saturated heterocycles. The number of hydrogen-bond acceptors (Lipinski definition) is 2. The molecule has 0 spiro atoms. The van der Waals surface area contributed by atoms with Gasteiger partial charge >= 0.3 is 12.4 Å². The Morgan fingerprint density at radius 1 is 1.33 bits per heavy atom. The highest BCUT2D eigenvalue weighted by molar-refractivity contribution is 5.89. The molecule has 0 fully saturated rings. The molecule has 98 valence electrons. The van der Waals surface area contributed by atoms with E-state index in [0.29, 0.717) is 5.56 Å². The molecule has 0 aliphatic heterocycles. The Labute approximate surface area is 103 Å². The molecule has 0 unspecified atom stereocenters. The van der Waals surface area contributed by atoms with Crippen molar-refractivity contribution in [2.75, 3.05) is 13.6 Å². The van der Waals surface area contributed by atoms with Crippen molar-refractivity contribution in [3.8, 4) is 0 Å². The van der Waals surface area contributed by atoms with Gasteiger partial charge in [0.25, 0.3) is 5.91 Å². The Balaban J connectivity index is 2.69. The number of nitrogens with zero attached hydrogens (tertiary/aromatic N) is 1. The first kappa shape index (κ1) is 14.1. The molecule has 0 aliphatic carbocycles. The minimum atomic E-state index is -3.04. The van der Waals surface area contributed by atoms with E-state index >= 15 is 0 Å². The predicted molar refractivity (Wildman–Crippen MR) is 60.7 cm³/mol. The normalized spacial score (nSPS) is 10.4. The molecule has 0 bridgehead atoms. The maximum atomic E-state index is 12.1. The van der Waals surface area contributed by atoms with Gasteiger partial charge in [-0.1, -0.05) is 18.2 Å². The zero-order valence-corrected chi connectivity index (χ0v) is 9.77. The van der Waals surface area contributed by atoms with E-state index in [9.17, 15) is 18.4 Å². The smallest absolute Gasteiger partial charge is 0.335 e. The molecule has 6 heteroatoms. The Bertz CT molecular complexity index is 449. The third kappa shape index (κ3) is 3.51. The number of likely N-dealkylation sites (N-methyl/N-ethyl adjacent to an activating group) is 1. The van der Waals surface area contributed by atoms with Crippen LogP contribution in [0, 0.1) is 0 Å². The molecule has 1 aromatic carbocycles. The van der Waals surface area contributed by atoms with Crippen LogP contribution in [0.5, 0.6) is 0 Å².